The minimum atomic E-state index is -4.64. The summed E-state index contributed by atoms with van der Waals surface area (Å²) in [5.74, 6) is 0.486. The summed E-state index contributed by atoms with van der Waals surface area (Å²) >= 11 is 11.9. The predicted molar refractivity (Wildman–Crippen MR) is 130 cm³/mol. The molecule has 0 spiro atoms. The third-order valence-electron chi connectivity index (χ3n) is 4.80. The van der Waals surface area contributed by atoms with Crippen LogP contribution in [-0.2, 0) is 17.6 Å². The van der Waals surface area contributed by atoms with Gasteiger partial charge >= 0.3 is 6.18 Å². The van der Waals surface area contributed by atoms with Crippen molar-refractivity contribution in [1.29, 1.82) is 0 Å². The third-order valence-corrected chi connectivity index (χ3v) is 5.58. The van der Waals surface area contributed by atoms with Crippen LogP contribution in [0.1, 0.15) is 32.3 Å². The van der Waals surface area contributed by atoms with Crippen molar-refractivity contribution in [3.8, 4) is 5.88 Å². The molecule has 3 radical (unpaired) electrons. The first-order chi connectivity index (χ1) is 16.5. The fraction of sp³-hybridized carbons (Fsp3) is 0.476. The molecule has 35 heavy (non-hydrogen) atoms. The monoisotopic (exact) mass is 547 g/mol. The maximum atomic E-state index is 13.9. The maximum Gasteiger partial charge on any atom is 0.418 e. The number of ether oxygens (including phenoxy) is 2. The second-order valence-electron chi connectivity index (χ2n) is 8.12. The number of alkyl halides is 3. The number of aromatic nitrogens is 4. The topological polar surface area (TPSA) is 100 Å². The molecule has 189 valence electrons. The van der Waals surface area contributed by atoms with Crippen LogP contribution in [-0.4, -0.2) is 48.6 Å². The molecule has 3 N–H and O–H groups in total. The standard InChI is InChI=1S/C21H24Cl2F3N6O2Si/c1-11(2)8-15(35)34-10-32-9-12(21(24,25)26)16-17(30-20(23)31-18(16)32)28-6-3-7-33-19-13(27)4-5-14(22)29-19/h4-5,9,11,15H,3,6-8,10,27H2,1-2H3,(H,28,30,31). The zero-order chi connectivity index (χ0) is 25.8. The largest absolute Gasteiger partial charge is 0.476 e. The van der Waals surface area contributed by atoms with Gasteiger partial charge < -0.3 is 25.1 Å². The first-order valence-electron chi connectivity index (χ1n) is 10.7. The fourth-order valence-electron chi connectivity index (χ4n) is 3.26. The van der Waals surface area contributed by atoms with Crippen LogP contribution in [0.5, 0.6) is 5.88 Å². The Morgan fingerprint density at radius 2 is 1.94 bits per heavy atom. The summed E-state index contributed by atoms with van der Waals surface area (Å²) in [5, 5.41) is 2.74. The van der Waals surface area contributed by atoms with Gasteiger partial charge in [-0.25, -0.2) is 4.98 Å². The lowest BCUT2D eigenvalue weighted by molar-refractivity contribution is -0.136. The highest BCUT2D eigenvalue weighted by Crippen LogP contribution is 2.39. The molecule has 1 atom stereocenters. The number of nitrogens with zero attached hydrogens (tertiary/aromatic N) is 4. The molecule has 0 aliphatic rings. The van der Waals surface area contributed by atoms with Crippen molar-refractivity contribution < 1.29 is 22.6 Å². The molecule has 8 nitrogen and oxygen atoms in total. The lowest BCUT2D eigenvalue weighted by atomic mass is 10.1. The number of hydrogen-bond acceptors (Lipinski definition) is 7. The number of fused-ring (bicyclic) bond motifs is 1. The summed E-state index contributed by atoms with van der Waals surface area (Å²) in [7, 11) is 3.45. The smallest absolute Gasteiger partial charge is 0.418 e. The van der Waals surface area contributed by atoms with Crippen molar-refractivity contribution in [2.75, 3.05) is 24.2 Å². The molecule has 0 aliphatic heterocycles. The molecule has 0 fully saturated rings. The molecule has 3 aromatic heterocycles. The summed E-state index contributed by atoms with van der Waals surface area (Å²) in [5.41, 5.74) is 4.89. The van der Waals surface area contributed by atoms with Crippen molar-refractivity contribution in [3.63, 3.8) is 0 Å². The number of nitrogen functional groups attached to an aromatic ring is 1. The highest BCUT2D eigenvalue weighted by atomic mass is 35.5. The van der Waals surface area contributed by atoms with Crippen molar-refractivity contribution >= 4 is 56.0 Å². The Kier molecular flexibility index (Phi) is 9.08. The van der Waals surface area contributed by atoms with Crippen molar-refractivity contribution in [2.45, 2.75) is 45.3 Å². The summed E-state index contributed by atoms with van der Waals surface area (Å²) in [6.07, 6.45) is -2.60. The second-order valence-corrected chi connectivity index (χ2v) is 9.49. The number of nitrogens with one attached hydrogen (secondary N) is 1. The van der Waals surface area contributed by atoms with Crippen LogP contribution in [0.15, 0.2) is 18.3 Å². The van der Waals surface area contributed by atoms with Crippen LogP contribution in [0.4, 0.5) is 24.7 Å². The number of nitrogens with two attached hydrogens (primary N) is 1. The van der Waals surface area contributed by atoms with E-state index in [2.05, 4.69) is 30.5 Å². The maximum absolute atomic E-state index is 13.9. The summed E-state index contributed by atoms with van der Waals surface area (Å²) in [6.45, 7) is 4.30. The van der Waals surface area contributed by atoms with Gasteiger partial charge in [0.2, 0.25) is 11.2 Å². The fourth-order valence-corrected chi connectivity index (χ4v) is 4.11. The van der Waals surface area contributed by atoms with E-state index in [1.54, 1.807) is 6.07 Å². The first-order valence-corrected chi connectivity index (χ1v) is 12.0. The van der Waals surface area contributed by atoms with Gasteiger partial charge in [0.1, 0.15) is 23.3 Å². The van der Waals surface area contributed by atoms with Crippen LogP contribution < -0.4 is 15.8 Å². The van der Waals surface area contributed by atoms with Gasteiger partial charge in [-0.2, -0.15) is 23.1 Å². The highest BCUT2D eigenvalue weighted by molar-refractivity contribution is 6.29. The van der Waals surface area contributed by atoms with Crippen molar-refractivity contribution in [2.24, 2.45) is 5.92 Å². The molecule has 3 rings (SSSR count). The molecule has 3 heterocycles. The molecule has 0 amide bonds. The Balaban J connectivity index is 1.76. The van der Waals surface area contributed by atoms with Crippen molar-refractivity contribution in [1.82, 2.24) is 19.5 Å². The van der Waals surface area contributed by atoms with Crippen LogP contribution in [0.25, 0.3) is 11.0 Å². The van der Waals surface area contributed by atoms with E-state index in [1.807, 2.05) is 13.8 Å². The van der Waals surface area contributed by atoms with E-state index in [-0.39, 0.29) is 58.8 Å². The SMILES string of the molecule is CC(C)CC([Si])OCn1cc(C(F)(F)F)c2c(NCCCOc3nc(Cl)ccc3N)nc(Cl)nc21. The van der Waals surface area contributed by atoms with E-state index < -0.39 is 11.7 Å². The van der Waals surface area contributed by atoms with Crippen molar-refractivity contribution in [3.05, 3.63) is 34.3 Å². The average molecular weight is 548 g/mol. The van der Waals surface area contributed by atoms with Gasteiger partial charge in [0.15, 0.2) is 0 Å². The van der Waals surface area contributed by atoms with Gasteiger partial charge in [-0.05, 0) is 42.5 Å². The Bertz CT molecular complexity index is 1160. The number of rotatable bonds is 11. The molecule has 3 aromatic rings. The average Bonchev–Trinajstić information content (AvgIpc) is 3.12. The lowest BCUT2D eigenvalue weighted by Crippen LogP contribution is -2.17. The van der Waals surface area contributed by atoms with E-state index in [1.165, 1.54) is 10.6 Å². The number of pyridine rings is 1. The second kappa shape index (κ2) is 11.6. The molecule has 14 heteroatoms. The normalized spacial score (nSPS) is 12.9. The molecule has 0 aromatic carbocycles. The van der Waals surface area contributed by atoms with Crippen LogP contribution in [0.3, 0.4) is 0 Å². The highest BCUT2D eigenvalue weighted by Gasteiger charge is 2.37. The van der Waals surface area contributed by atoms with E-state index in [4.69, 9.17) is 38.4 Å². The molecular weight excluding hydrogens is 524 g/mol. The van der Waals surface area contributed by atoms with Gasteiger partial charge in [0, 0.05) is 18.5 Å². The summed E-state index contributed by atoms with van der Waals surface area (Å²) in [4.78, 5) is 12.0. The van der Waals surface area contributed by atoms with E-state index >= 15 is 0 Å². The molecule has 0 saturated heterocycles. The third kappa shape index (κ3) is 7.35. The zero-order valence-corrected chi connectivity index (χ0v) is 21.5. The summed E-state index contributed by atoms with van der Waals surface area (Å²) in [6, 6.07) is 3.10. The molecule has 0 saturated carbocycles. The molecular formula is C21H24Cl2F3N6O2Si. The number of anilines is 2. The van der Waals surface area contributed by atoms with Gasteiger partial charge in [-0.15, -0.1) is 0 Å². The van der Waals surface area contributed by atoms with Crippen LogP contribution in [0, 0.1) is 5.92 Å². The Morgan fingerprint density at radius 3 is 2.63 bits per heavy atom. The van der Waals surface area contributed by atoms with Gasteiger partial charge in [-0.1, -0.05) is 25.4 Å². The number of hydrogen-bond donors (Lipinski definition) is 2. The van der Waals surface area contributed by atoms with Gasteiger partial charge in [0.05, 0.1) is 33.5 Å². The molecule has 0 bridgehead atoms. The van der Waals surface area contributed by atoms with E-state index in [0.717, 1.165) is 6.20 Å². The van der Waals surface area contributed by atoms with Crippen LogP contribution in [0.2, 0.25) is 10.4 Å². The Hall–Kier alpha value is -2.28. The Labute approximate surface area is 213 Å². The van der Waals surface area contributed by atoms with E-state index in [9.17, 15) is 13.2 Å². The Morgan fingerprint density at radius 1 is 1.20 bits per heavy atom. The lowest BCUT2D eigenvalue weighted by Gasteiger charge is -2.16. The quantitative estimate of drug-likeness (QED) is 0.148. The molecule has 1 unspecified atom stereocenters. The zero-order valence-electron chi connectivity index (χ0n) is 19.0. The van der Waals surface area contributed by atoms with E-state index in [0.29, 0.717) is 24.4 Å². The minimum Gasteiger partial charge on any atom is -0.476 e. The van der Waals surface area contributed by atoms with Crippen LogP contribution >= 0.6 is 23.2 Å². The number of halogens is 5. The first kappa shape index (κ1) is 27.3. The van der Waals surface area contributed by atoms with Gasteiger partial charge in [0.25, 0.3) is 0 Å². The predicted octanol–water partition coefficient (Wildman–Crippen LogP) is 5.13. The minimum absolute atomic E-state index is 0.00962. The van der Waals surface area contributed by atoms with Gasteiger partial charge in [-0.3, -0.25) is 0 Å². The summed E-state index contributed by atoms with van der Waals surface area (Å²) < 4.78 is 54.0. The molecule has 0 aliphatic carbocycles.